The Morgan fingerprint density at radius 2 is 1.81 bits per heavy atom. The molecular weight excluding hydrogens is 560 g/mol. The van der Waals surface area contributed by atoms with Crippen molar-refractivity contribution < 1.29 is 4.79 Å². The molecule has 0 unspecified atom stereocenters. The van der Waals surface area contributed by atoms with Crippen LogP contribution in [0.2, 0.25) is 5.02 Å². The van der Waals surface area contributed by atoms with Gasteiger partial charge in [-0.3, -0.25) is 15.2 Å². The number of nitrogens with one attached hydrogen (secondary N) is 3. The average Bonchev–Trinajstić information content (AvgIpc) is 3.00. The van der Waals surface area contributed by atoms with Gasteiger partial charge in [0.15, 0.2) is 5.82 Å². The molecule has 43 heavy (non-hydrogen) atoms. The van der Waals surface area contributed by atoms with E-state index in [-0.39, 0.29) is 5.91 Å². The van der Waals surface area contributed by atoms with E-state index in [9.17, 15) is 4.79 Å². The number of anilines is 6. The van der Waals surface area contributed by atoms with Crippen molar-refractivity contribution in [3.8, 4) is 0 Å². The Kier molecular flexibility index (Phi) is 9.42. The molecule has 10 heteroatoms. The van der Waals surface area contributed by atoms with Crippen molar-refractivity contribution in [3.05, 3.63) is 71.9 Å². The van der Waals surface area contributed by atoms with Crippen LogP contribution in [0.1, 0.15) is 44.1 Å². The number of rotatable bonds is 9. The third-order valence-corrected chi connectivity index (χ3v) is 9.38. The van der Waals surface area contributed by atoms with Gasteiger partial charge >= 0.3 is 0 Å². The Labute approximate surface area is 260 Å². The number of hydrazine groups is 1. The first kappa shape index (κ1) is 30.6. The van der Waals surface area contributed by atoms with Crippen LogP contribution in [0.4, 0.5) is 34.5 Å². The van der Waals surface area contributed by atoms with Crippen LogP contribution in [0.25, 0.3) is 0 Å². The third kappa shape index (κ3) is 7.22. The van der Waals surface area contributed by atoms with Crippen molar-refractivity contribution in [2.45, 2.75) is 51.5 Å². The smallest absolute Gasteiger partial charge is 0.247 e. The number of carbonyl (C=O) groups is 1. The molecule has 2 aromatic carbocycles. The molecule has 9 nitrogen and oxygen atoms in total. The summed E-state index contributed by atoms with van der Waals surface area (Å²) in [7, 11) is 6.31. The van der Waals surface area contributed by atoms with Crippen molar-refractivity contribution in [2.75, 3.05) is 60.2 Å². The first-order chi connectivity index (χ1) is 20.7. The van der Waals surface area contributed by atoms with E-state index in [4.69, 9.17) is 11.6 Å². The van der Waals surface area contributed by atoms with Crippen molar-refractivity contribution in [3.63, 3.8) is 0 Å². The molecule has 3 aromatic rings. The Morgan fingerprint density at radius 1 is 1.09 bits per heavy atom. The Hall–Kier alpha value is -3.82. The van der Waals surface area contributed by atoms with Gasteiger partial charge in [0.25, 0.3) is 0 Å². The van der Waals surface area contributed by atoms with Crippen molar-refractivity contribution in [1.82, 2.24) is 14.9 Å². The van der Waals surface area contributed by atoms with Crippen LogP contribution >= 0.6 is 11.6 Å². The zero-order valence-electron chi connectivity index (χ0n) is 25.7. The number of amides is 1. The lowest BCUT2D eigenvalue weighted by Crippen LogP contribution is -2.44. The van der Waals surface area contributed by atoms with E-state index in [0.717, 1.165) is 41.4 Å². The van der Waals surface area contributed by atoms with Crippen LogP contribution in [0.3, 0.4) is 0 Å². The maximum atomic E-state index is 12.4. The number of aromatic nitrogens is 2. The highest BCUT2D eigenvalue weighted by Gasteiger charge is 2.38. The third-order valence-electron chi connectivity index (χ3n) is 9.10. The minimum absolute atomic E-state index is 0.248. The van der Waals surface area contributed by atoms with Gasteiger partial charge in [0.1, 0.15) is 5.02 Å². The summed E-state index contributed by atoms with van der Waals surface area (Å²) in [6, 6.07) is 14.7. The molecule has 228 valence electrons. The number of halogens is 1. The number of nitrogens with zero attached hydrogens (tertiary/aromatic N) is 5. The molecule has 5 rings (SSSR count). The van der Waals surface area contributed by atoms with Gasteiger partial charge in [-0.05, 0) is 101 Å². The molecule has 3 N–H and O–H groups in total. The Bertz CT molecular complexity index is 1440. The quantitative estimate of drug-likeness (QED) is 0.181. The topological polar surface area (TPSA) is 88.7 Å². The predicted octanol–water partition coefficient (Wildman–Crippen LogP) is 6.86. The van der Waals surface area contributed by atoms with E-state index in [0.29, 0.717) is 28.2 Å². The highest BCUT2D eigenvalue weighted by atomic mass is 35.5. The van der Waals surface area contributed by atoms with Crippen molar-refractivity contribution >= 4 is 52.0 Å². The molecule has 1 aliphatic heterocycles. The fraction of sp³-hybridized carbons (Fsp3) is 0.424. The number of hydrogen-bond donors (Lipinski definition) is 3. The van der Waals surface area contributed by atoms with Gasteiger partial charge < -0.3 is 20.4 Å². The van der Waals surface area contributed by atoms with Crippen LogP contribution in [-0.2, 0) is 4.79 Å². The normalized spacial score (nSPS) is 16.7. The summed E-state index contributed by atoms with van der Waals surface area (Å²) in [5.74, 6) is 0.609. The van der Waals surface area contributed by atoms with Gasteiger partial charge in [-0.25, -0.2) is 4.98 Å². The van der Waals surface area contributed by atoms with Crippen LogP contribution in [0.15, 0.2) is 61.3 Å². The van der Waals surface area contributed by atoms with Crippen LogP contribution in [-0.4, -0.2) is 61.0 Å². The molecule has 0 radical (unpaired) electrons. The van der Waals surface area contributed by atoms with Gasteiger partial charge in [0.05, 0.1) is 23.3 Å². The zero-order valence-corrected chi connectivity index (χ0v) is 26.4. The number of aryl methyl sites for hydroxylation is 1. The summed E-state index contributed by atoms with van der Waals surface area (Å²) in [5, 5.41) is 8.57. The molecule has 2 heterocycles. The summed E-state index contributed by atoms with van der Waals surface area (Å²) in [4.78, 5) is 26.2. The standard InChI is InChI=1S/C33H43ClN8O/c1-6-30(43)37-27-21-24(11-12-29(27)42-19-17-33(18-20-42)15-13-25(14-16-33)40(3)4)36-32-35-22-26(34)31(38-32)39-41(5)28-10-8-7-9-23(28)2/h6-12,21-22,25H,1,13-20H2,2-5H3,(H,37,43)(H2,35,36,38,39). The minimum Gasteiger partial charge on any atom is -0.370 e. The van der Waals surface area contributed by atoms with Crippen molar-refractivity contribution in [2.24, 2.45) is 5.41 Å². The number of para-hydroxylation sites is 1. The molecule has 1 aliphatic carbocycles. The zero-order chi connectivity index (χ0) is 30.6. The van der Waals surface area contributed by atoms with Gasteiger partial charge in [-0.1, -0.05) is 36.4 Å². The van der Waals surface area contributed by atoms with E-state index in [1.165, 1.54) is 44.6 Å². The lowest BCUT2D eigenvalue weighted by Gasteiger charge is -2.47. The average molecular weight is 603 g/mol. The summed E-state index contributed by atoms with van der Waals surface area (Å²) >= 11 is 6.44. The van der Waals surface area contributed by atoms with Crippen LogP contribution < -0.4 is 26.0 Å². The highest BCUT2D eigenvalue weighted by Crippen LogP contribution is 2.46. The summed E-state index contributed by atoms with van der Waals surface area (Å²) < 4.78 is 0. The number of piperidine rings is 1. The molecule has 0 bridgehead atoms. The predicted molar refractivity (Wildman–Crippen MR) is 179 cm³/mol. The van der Waals surface area contributed by atoms with Crippen LogP contribution in [0, 0.1) is 12.3 Å². The lowest BCUT2D eigenvalue weighted by atomic mass is 9.66. The fourth-order valence-electron chi connectivity index (χ4n) is 6.42. The fourth-order valence-corrected chi connectivity index (χ4v) is 6.55. The summed E-state index contributed by atoms with van der Waals surface area (Å²) in [6.45, 7) is 7.64. The van der Waals surface area contributed by atoms with Crippen LogP contribution in [0.5, 0.6) is 0 Å². The van der Waals surface area contributed by atoms with E-state index in [1.54, 1.807) is 6.20 Å². The number of hydrogen-bond acceptors (Lipinski definition) is 8. The van der Waals surface area contributed by atoms with Gasteiger partial charge in [-0.2, -0.15) is 4.98 Å². The first-order valence-electron chi connectivity index (χ1n) is 15.0. The summed E-state index contributed by atoms with van der Waals surface area (Å²) in [6.07, 6.45) is 10.4. The molecule has 0 atom stereocenters. The molecular formula is C33H43ClN8O. The van der Waals surface area contributed by atoms with Crippen molar-refractivity contribution in [1.29, 1.82) is 0 Å². The number of benzene rings is 2. The van der Waals surface area contributed by atoms with Gasteiger partial charge in [-0.15, -0.1) is 0 Å². The Balaban J connectivity index is 1.30. The molecule has 1 amide bonds. The van der Waals surface area contributed by atoms with E-state index in [1.807, 2.05) is 55.4 Å². The highest BCUT2D eigenvalue weighted by molar-refractivity contribution is 6.32. The second-order valence-electron chi connectivity index (χ2n) is 12.1. The van der Waals surface area contributed by atoms with E-state index >= 15 is 0 Å². The molecule has 2 fully saturated rings. The molecule has 1 saturated carbocycles. The van der Waals surface area contributed by atoms with Gasteiger partial charge in [0.2, 0.25) is 11.9 Å². The summed E-state index contributed by atoms with van der Waals surface area (Å²) in [5.41, 5.74) is 8.32. The first-order valence-corrected chi connectivity index (χ1v) is 15.4. The second-order valence-corrected chi connectivity index (χ2v) is 12.5. The van der Waals surface area contributed by atoms with E-state index < -0.39 is 0 Å². The molecule has 1 saturated heterocycles. The molecule has 1 aromatic heterocycles. The lowest BCUT2D eigenvalue weighted by molar-refractivity contribution is -0.111. The molecule has 1 spiro atoms. The maximum absolute atomic E-state index is 12.4. The van der Waals surface area contributed by atoms with E-state index in [2.05, 4.69) is 62.6 Å². The Morgan fingerprint density at radius 3 is 2.49 bits per heavy atom. The maximum Gasteiger partial charge on any atom is 0.247 e. The number of carbonyl (C=O) groups excluding carboxylic acids is 1. The van der Waals surface area contributed by atoms with Gasteiger partial charge in [0, 0.05) is 31.9 Å². The SMILES string of the molecule is C=CC(=O)Nc1cc(Nc2ncc(Cl)c(NN(C)c3ccccc3C)n2)ccc1N1CCC2(CCC(N(C)C)CC2)CC1. The molecule has 2 aliphatic rings. The monoisotopic (exact) mass is 602 g/mol. The second kappa shape index (κ2) is 13.2. The minimum atomic E-state index is -0.248. The largest absolute Gasteiger partial charge is 0.370 e.